The Balaban J connectivity index is 1.54. The first-order chi connectivity index (χ1) is 11.9. The van der Waals surface area contributed by atoms with E-state index in [1.54, 1.807) is 10.9 Å². The lowest BCUT2D eigenvalue weighted by Gasteiger charge is -2.37. The molecule has 0 N–H and O–H groups in total. The quantitative estimate of drug-likeness (QED) is 0.801. The summed E-state index contributed by atoms with van der Waals surface area (Å²) in [5.74, 6) is 0.00940. The third-order valence-corrected chi connectivity index (χ3v) is 5.36. The number of ether oxygens (including phenoxy) is 1. The molecule has 2 aliphatic rings. The van der Waals surface area contributed by atoms with E-state index in [4.69, 9.17) is 16.3 Å². The van der Waals surface area contributed by atoms with E-state index in [2.05, 4.69) is 18.9 Å². The van der Waals surface area contributed by atoms with Crippen LogP contribution >= 0.6 is 11.6 Å². The molecule has 2 saturated heterocycles. The predicted molar refractivity (Wildman–Crippen MR) is 93.3 cm³/mol. The van der Waals surface area contributed by atoms with Crippen molar-refractivity contribution in [3.8, 4) is 0 Å². The Morgan fingerprint density at radius 3 is 2.76 bits per heavy atom. The number of halogens is 1. The number of amides is 2. The second kappa shape index (κ2) is 7.23. The molecule has 7 nitrogen and oxygen atoms in total. The highest BCUT2D eigenvalue weighted by atomic mass is 35.5. The number of piperidine rings is 1. The zero-order valence-electron chi connectivity index (χ0n) is 14.8. The molecule has 1 atom stereocenters. The van der Waals surface area contributed by atoms with Crippen LogP contribution in [0.5, 0.6) is 0 Å². The van der Waals surface area contributed by atoms with Crippen LogP contribution in [0.1, 0.15) is 39.5 Å². The van der Waals surface area contributed by atoms with Gasteiger partial charge in [0.05, 0.1) is 17.8 Å². The molecule has 1 aromatic heterocycles. The van der Waals surface area contributed by atoms with Crippen LogP contribution in [0, 0.1) is 0 Å². The third kappa shape index (κ3) is 3.92. The molecule has 0 bridgehead atoms. The molecule has 25 heavy (non-hydrogen) atoms. The summed E-state index contributed by atoms with van der Waals surface area (Å²) in [6, 6.07) is 0.195. The highest BCUT2D eigenvalue weighted by molar-refractivity contribution is 6.30. The summed E-state index contributed by atoms with van der Waals surface area (Å²) >= 11 is 5.83. The second-order valence-electron chi connectivity index (χ2n) is 7.05. The van der Waals surface area contributed by atoms with Crippen molar-refractivity contribution < 1.29 is 14.3 Å². The van der Waals surface area contributed by atoms with Crippen LogP contribution < -0.4 is 0 Å². The van der Waals surface area contributed by atoms with Crippen molar-refractivity contribution in [3.63, 3.8) is 0 Å². The molecule has 138 valence electrons. The lowest BCUT2D eigenvalue weighted by atomic mass is 9.91. The fourth-order valence-corrected chi connectivity index (χ4v) is 3.80. The maximum atomic E-state index is 12.4. The van der Waals surface area contributed by atoms with Gasteiger partial charge in [-0.3, -0.25) is 9.48 Å². The van der Waals surface area contributed by atoms with Gasteiger partial charge in [-0.2, -0.15) is 5.10 Å². The van der Waals surface area contributed by atoms with Crippen LogP contribution in [0.25, 0.3) is 0 Å². The van der Waals surface area contributed by atoms with Gasteiger partial charge in [0.1, 0.15) is 12.1 Å². The standard InChI is InChI=1S/C17H25ClN4O3/c1-3-4-13(2)22-12-17(25-16(22)24)5-7-20(8-6-17)15(23)11-21-10-14(18)9-19-21/h9-10,13H,3-8,11-12H2,1-2H3/t13-/m0/s1. The largest absolute Gasteiger partial charge is 0.441 e. The van der Waals surface area contributed by atoms with Crippen LogP contribution in [0.3, 0.4) is 0 Å². The summed E-state index contributed by atoms with van der Waals surface area (Å²) < 4.78 is 7.27. The minimum absolute atomic E-state index is 0.00940. The molecule has 0 saturated carbocycles. The van der Waals surface area contributed by atoms with E-state index < -0.39 is 5.60 Å². The molecule has 1 aromatic rings. The summed E-state index contributed by atoms with van der Waals surface area (Å²) in [5.41, 5.74) is -0.440. The van der Waals surface area contributed by atoms with Gasteiger partial charge in [-0.25, -0.2) is 4.79 Å². The lowest BCUT2D eigenvalue weighted by molar-refractivity contribution is -0.135. The summed E-state index contributed by atoms with van der Waals surface area (Å²) in [7, 11) is 0. The topological polar surface area (TPSA) is 67.7 Å². The van der Waals surface area contributed by atoms with Crippen molar-refractivity contribution >= 4 is 23.6 Å². The van der Waals surface area contributed by atoms with E-state index in [-0.39, 0.29) is 24.6 Å². The number of rotatable bonds is 5. The molecule has 2 amide bonds. The minimum atomic E-state index is -0.440. The average Bonchev–Trinajstić information content (AvgIpc) is 3.12. The van der Waals surface area contributed by atoms with Gasteiger partial charge in [0.15, 0.2) is 0 Å². The van der Waals surface area contributed by atoms with Gasteiger partial charge in [0, 0.05) is 38.2 Å². The first-order valence-electron chi connectivity index (χ1n) is 8.88. The van der Waals surface area contributed by atoms with Crippen LogP contribution in [-0.4, -0.2) is 62.9 Å². The van der Waals surface area contributed by atoms with Gasteiger partial charge in [0.25, 0.3) is 0 Å². The second-order valence-corrected chi connectivity index (χ2v) is 7.49. The molecule has 1 spiro atoms. The third-order valence-electron chi connectivity index (χ3n) is 5.16. The van der Waals surface area contributed by atoms with Gasteiger partial charge in [-0.15, -0.1) is 0 Å². The Morgan fingerprint density at radius 2 is 2.16 bits per heavy atom. The van der Waals surface area contributed by atoms with Crippen molar-refractivity contribution in [2.24, 2.45) is 0 Å². The number of hydrogen-bond acceptors (Lipinski definition) is 4. The molecule has 2 fully saturated rings. The molecule has 0 aromatic carbocycles. The number of hydrogen-bond donors (Lipinski definition) is 0. The van der Waals surface area contributed by atoms with Crippen molar-refractivity contribution in [1.29, 1.82) is 0 Å². The van der Waals surface area contributed by atoms with Gasteiger partial charge in [-0.1, -0.05) is 24.9 Å². The Morgan fingerprint density at radius 1 is 1.44 bits per heavy atom. The first kappa shape index (κ1) is 18.0. The number of aromatic nitrogens is 2. The van der Waals surface area contributed by atoms with Crippen LogP contribution in [-0.2, 0) is 16.1 Å². The monoisotopic (exact) mass is 368 g/mol. The van der Waals surface area contributed by atoms with Crippen molar-refractivity contribution in [3.05, 3.63) is 17.4 Å². The van der Waals surface area contributed by atoms with Gasteiger partial charge >= 0.3 is 6.09 Å². The Hall–Kier alpha value is -1.76. The predicted octanol–water partition coefficient (Wildman–Crippen LogP) is 2.54. The summed E-state index contributed by atoms with van der Waals surface area (Å²) in [6.07, 6.45) is 6.31. The normalized spacial score (nSPS) is 20.8. The number of carbonyl (C=O) groups is 2. The lowest BCUT2D eigenvalue weighted by Crippen LogP contribution is -2.49. The molecule has 0 unspecified atom stereocenters. The highest BCUT2D eigenvalue weighted by Crippen LogP contribution is 2.34. The highest BCUT2D eigenvalue weighted by Gasteiger charge is 2.48. The van der Waals surface area contributed by atoms with E-state index in [0.717, 1.165) is 12.8 Å². The Kier molecular flexibility index (Phi) is 5.22. The van der Waals surface area contributed by atoms with Crippen molar-refractivity contribution in [1.82, 2.24) is 19.6 Å². The van der Waals surface area contributed by atoms with Crippen LogP contribution in [0.15, 0.2) is 12.4 Å². The average molecular weight is 369 g/mol. The van der Waals surface area contributed by atoms with Crippen LogP contribution in [0.4, 0.5) is 4.79 Å². The molecular weight excluding hydrogens is 344 g/mol. The zero-order valence-corrected chi connectivity index (χ0v) is 15.5. The smallest absolute Gasteiger partial charge is 0.410 e. The van der Waals surface area contributed by atoms with Crippen LogP contribution in [0.2, 0.25) is 5.02 Å². The van der Waals surface area contributed by atoms with Gasteiger partial charge < -0.3 is 14.5 Å². The van der Waals surface area contributed by atoms with Gasteiger partial charge in [0.2, 0.25) is 5.91 Å². The Bertz CT molecular complexity index is 640. The molecular formula is C17H25ClN4O3. The number of carbonyl (C=O) groups excluding carboxylic acids is 2. The molecule has 8 heteroatoms. The molecule has 0 aliphatic carbocycles. The van der Waals surface area contributed by atoms with Gasteiger partial charge in [-0.05, 0) is 13.3 Å². The summed E-state index contributed by atoms with van der Waals surface area (Å²) in [4.78, 5) is 28.3. The SMILES string of the molecule is CCC[C@H](C)N1CC2(CCN(C(=O)Cn3cc(Cl)cn3)CC2)OC1=O. The maximum absolute atomic E-state index is 12.4. The number of nitrogens with zero attached hydrogens (tertiary/aromatic N) is 4. The molecule has 0 radical (unpaired) electrons. The number of likely N-dealkylation sites (tertiary alicyclic amines) is 1. The zero-order chi connectivity index (χ0) is 18.0. The minimum Gasteiger partial charge on any atom is -0.441 e. The van der Waals surface area contributed by atoms with Crippen molar-refractivity contribution in [2.45, 2.75) is 57.7 Å². The molecule has 2 aliphatic heterocycles. The van der Waals surface area contributed by atoms with E-state index in [9.17, 15) is 9.59 Å². The maximum Gasteiger partial charge on any atom is 0.410 e. The van der Waals surface area contributed by atoms with E-state index in [1.807, 2.05) is 9.80 Å². The first-order valence-corrected chi connectivity index (χ1v) is 9.25. The van der Waals surface area contributed by atoms with E-state index in [0.29, 0.717) is 37.5 Å². The van der Waals surface area contributed by atoms with E-state index in [1.165, 1.54) is 6.20 Å². The fourth-order valence-electron chi connectivity index (χ4n) is 3.65. The molecule has 3 heterocycles. The Labute approximate surface area is 152 Å². The van der Waals surface area contributed by atoms with Crippen molar-refractivity contribution in [2.75, 3.05) is 19.6 Å². The summed E-state index contributed by atoms with van der Waals surface area (Å²) in [6.45, 7) is 6.18. The molecule has 3 rings (SSSR count). The summed E-state index contributed by atoms with van der Waals surface area (Å²) in [5, 5.41) is 4.56. The van der Waals surface area contributed by atoms with E-state index >= 15 is 0 Å². The fraction of sp³-hybridized carbons (Fsp3) is 0.706.